The molecule has 0 spiro atoms. The van der Waals surface area contributed by atoms with Crippen molar-refractivity contribution in [3.05, 3.63) is 58.7 Å². The normalized spacial score (nSPS) is 16.3. The summed E-state index contributed by atoms with van der Waals surface area (Å²) in [6, 6.07) is 10.5. The van der Waals surface area contributed by atoms with Crippen LogP contribution in [-0.2, 0) is 4.74 Å². The van der Waals surface area contributed by atoms with Gasteiger partial charge in [-0.15, -0.1) is 11.8 Å². The van der Waals surface area contributed by atoms with Crippen molar-refractivity contribution in [2.45, 2.75) is 25.4 Å². The zero-order chi connectivity index (χ0) is 14.2. The molecule has 3 heteroatoms. The first-order chi connectivity index (χ1) is 9.85. The Balaban J connectivity index is 2.15. The van der Waals surface area contributed by atoms with Gasteiger partial charge in [0.05, 0.1) is 0 Å². The summed E-state index contributed by atoms with van der Waals surface area (Å²) in [5.41, 5.74) is 1.25. The minimum atomic E-state index is 0.132. The second-order valence-corrected chi connectivity index (χ2v) is 5.69. The van der Waals surface area contributed by atoms with Gasteiger partial charge in [0.15, 0.2) is 0 Å². The molecule has 0 saturated heterocycles. The molecular formula is C17H23NOS. The van der Waals surface area contributed by atoms with Gasteiger partial charge in [0.25, 0.3) is 0 Å². The number of benzene rings is 1. The predicted molar refractivity (Wildman–Crippen MR) is 87.7 cm³/mol. The highest BCUT2D eigenvalue weighted by atomic mass is 32.2. The Bertz CT molecular complexity index is 467. The quantitative estimate of drug-likeness (QED) is 0.809. The van der Waals surface area contributed by atoms with Crippen LogP contribution in [0.4, 0.5) is 0 Å². The van der Waals surface area contributed by atoms with Crippen LogP contribution in [0.1, 0.15) is 30.9 Å². The van der Waals surface area contributed by atoms with Gasteiger partial charge in [-0.25, -0.2) is 0 Å². The van der Waals surface area contributed by atoms with E-state index in [0.717, 1.165) is 31.6 Å². The van der Waals surface area contributed by atoms with E-state index < -0.39 is 0 Å². The largest absolute Gasteiger partial charge is 0.489 e. The van der Waals surface area contributed by atoms with E-state index in [-0.39, 0.29) is 6.10 Å². The molecular weight excluding hydrogens is 266 g/mol. The van der Waals surface area contributed by atoms with Crippen molar-refractivity contribution in [3.8, 4) is 0 Å². The molecule has 1 aliphatic carbocycles. The number of ether oxygens (including phenoxy) is 1. The van der Waals surface area contributed by atoms with Crippen LogP contribution in [0.15, 0.2) is 53.1 Å². The zero-order valence-corrected chi connectivity index (χ0v) is 13.1. The van der Waals surface area contributed by atoms with E-state index in [1.165, 1.54) is 10.5 Å². The molecule has 20 heavy (non-hydrogen) atoms. The molecule has 108 valence electrons. The van der Waals surface area contributed by atoms with E-state index in [9.17, 15) is 0 Å². The van der Waals surface area contributed by atoms with Crippen LogP contribution in [0, 0.1) is 0 Å². The summed E-state index contributed by atoms with van der Waals surface area (Å²) < 4.78 is 6.35. The van der Waals surface area contributed by atoms with Gasteiger partial charge in [-0.3, -0.25) is 0 Å². The van der Waals surface area contributed by atoms with Gasteiger partial charge in [0.2, 0.25) is 0 Å². The molecule has 0 amide bonds. The Morgan fingerprint density at radius 3 is 2.80 bits per heavy atom. The van der Waals surface area contributed by atoms with E-state index in [2.05, 4.69) is 54.1 Å². The number of allylic oxidation sites excluding steroid dienone is 3. The lowest BCUT2D eigenvalue weighted by molar-refractivity contribution is 0.102. The van der Waals surface area contributed by atoms with Gasteiger partial charge >= 0.3 is 0 Å². The number of hydrogen-bond donors (Lipinski definition) is 1. The fourth-order valence-electron chi connectivity index (χ4n) is 2.33. The van der Waals surface area contributed by atoms with Gasteiger partial charge in [0, 0.05) is 17.7 Å². The highest BCUT2D eigenvalue weighted by Crippen LogP contribution is 2.32. The summed E-state index contributed by atoms with van der Waals surface area (Å²) in [5.74, 6) is 1.14. The minimum absolute atomic E-state index is 0.132. The molecule has 1 aromatic rings. The van der Waals surface area contributed by atoms with Crippen LogP contribution in [-0.4, -0.2) is 19.8 Å². The lowest BCUT2D eigenvalue weighted by Gasteiger charge is -2.24. The van der Waals surface area contributed by atoms with Crippen molar-refractivity contribution in [1.29, 1.82) is 0 Å². The zero-order valence-electron chi connectivity index (χ0n) is 12.3. The summed E-state index contributed by atoms with van der Waals surface area (Å²) in [6.45, 7) is 0.956. The molecule has 0 fully saturated rings. The Morgan fingerprint density at radius 2 is 2.10 bits per heavy atom. The highest BCUT2D eigenvalue weighted by molar-refractivity contribution is 8.02. The third kappa shape index (κ3) is 4.15. The first kappa shape index (κ1) is 15.2. The topological polar surface area (TPSA) is 21.3 Å². The van der Waals surface area contributed by atoms with E-state index >= 15 is 0 Å². The van der Waals surface area contributed by atoms with Crippen LogP contribution in [0.25, 0.3) is 0 Å². The molecule has 0 aromatic heterocycles. The lowest BCUT2D eigenvalue weighted by atomic mass is 10.1. The highest BCUT2D eigenvalue weighted by Gasteiger charge is 2.17. The van der Waals surface area contributed by atoms with Crippen molar-refractivity contribution >= 4 is 11.8 Å². The van der Waals surface area contributed by atoms with Crippen LogP contribution in [0.2, 0.25) is 0 Å². The predicted octanol–water partition coefficient (Wildman–Crippen LogP) is 4.28. The Hall–Kier alpha value is -1.19. The monoisotopic (exact) mass is 289 g/mol. The number of nitrogens with one attached hydrogen (secondary N) is 1. The van der Waals surface area contributed by atoms with Gasteiger partial charge in [0.1, 0.15) is 11.9 Å². The number of rotatable bonds is 7. The summed E-state index contributed by atoms with van der Waals surface area (Å²) in [4.78, 5) is 1.27. The van der Waals surface area contributed by atoms with Gasteiger partial charge < -0.3 is 10.1 Å². The first-order valence-electron chi connectivity index (χ1n) is 7.15. The summed E-state index contributed by atoms with van der Waals surface area (Å²) in [7, 11) is 1.98. The van der Waals surface area contributed by atoms with Crippen LogP contribution >= 0.6 is 11.8 Å². The van der Waals surface area contributed by atoms with Crippen molar-refractivity contribution < 1.29 is 4.74 Å². The Kier molecular flexibility index (Phi) is 6.22. The van der Waals surface area contributed by atoms with E-state index in [0.29, 0.717) is 0 Å². The first-order valence-corrected chi connectivity index (χ1v) is 8.37. The smallest absolute Gasteiger partial charge is 0.124 e. The summed E-state index contributed by atoms with van der Waals surface area (Å²) in [6.07, 6.45) is 9.72. The van der Waals surface area contributed by atoms with Crippen molar-refractivity contribution in [3.63, 3.8) is 0 Å². The van der Waals surface area contributed by atoms with Gasteiger partial charge in [-0.05, 0) is 37.9 Å². The lowest BCUT2D eigenvalue weighted by Crippen LogP contribution is -2.15. The molecule has 2 nitrogen and oxygen atoms in total. The second kappa shape index (κ2) is 8.18. The molecule has 1 atom stereocenters. The van der Waals surface area contributed by atoms with Crippen molar-refractivity contribution in [2.24, 2.45) is 0 Å². The van der Waals surface area contributed by atoms with Crippen molar-refractivity contribution in [2.75, 3.05) is 19.8 Å². The van der Waals surface area contributed by atoms with Crippen LogP contribution in [0.3, 0.4) is 0 Å². The molecule has 1 aromatic carbocycles. The number of hydrogen-bond acceptors (Lipinski definition) is 3. The maximum atomic E-state index is 6.35. The molecule has 1 N–H and O–H groups in total. The van der Waals surface area contributed by atoms with Gasteiger partial charge in [-0.2, -0.15) is 0 Å². The molecule has 1 unspecified atom stereocenters. The summed E-state index contributed by atoms with van der Waals surface area (Å²) in [5, 5.41) is 3.22. The molecule has 0 heterocycles. The molecule has 1 aliphatic rings. The summed E-state index contributed by atoms with van der Waals surface area (Å²) >= 11 is 1.77. The average Bonchev–Trinajstić information content (AvgIpc) is 2.52. The van der Waals surface area contributed by atoms with Crippen LogP contribution in [0.5, 0.6) is 0 Å². The third-order valence-electron chi connectivity index (χ3n) is 3.41. The van der Waals surface area contributed by atoms with Crippen molar-refractivity contribution in [1.82, 2.24) is 5.32 Å². The second-order valence-electron chi connectivity index (χ2n) is 4.84. The molecule has 0 saturated carbocycles. The molecule has 0 radical (unpaired) electrons. The molecule has 0 aliphatic heterocycles. The SMILES string of the molecule is CNCCC(OC1=C(SC)C=CCC1)c1ccccc1. The van der Waals surface area contributed by atoms with Crippen LogP contribution < -0.4 is 5.32 Å². The van der Waals surface area contributed by atoms with E-state index in [1.807, 2.05) is 7.05 Å². The minimum Gasteiger partial charge on any atom is -0.489 e. The third-order valence-corrected chi connectivity index (χ3v) is 4.22. The standard InChI is InChI=1S/C17H23NOS/c1-18-13-12-15(14-8-4-3-5-9-14)19-16-10-6-7-11-17(16)20-2/h3-5,7-9,11,15,18H,6,10,12-13H2,1-2H3. The Morgan fingerprint density at radius 1 is 1.30 bits per heavy atom. The maximum Gasteiger partial charge on any atom is 0.124 e. The molecule has 0 bridgehead atoms. The fourth-order valence-corrected chi connectivity index (χ4v) is 2.94. The average molecular weight is 289 g/mol. The van der Waals surface area contributed by atoms with E-state index in [1.54, 1.807) is 11.8 Å². The fraction of sp³-hybridized carbons (Fsp3) is 0.412. The molecule has 2 rings (SSSR count). The number of thioether (sulfide) groups is 1. The maximum absolute atomic E-state index is 6.35. The van der Waals surface area contributed by atoms with Gasteiger partial charge in [-0.1, -0.05) is 36.4 Å². The Labute approximate surface area is 126 Å². The van der Waals surface area contributed by atoms with E-state index in [4.69, 9.17) is 4.74 Å².